The van der Waals surface area contributed by atoms with Crippen molar-refractivity contribution in [2.45, 2.75) is 13.0 Å². The SMILES string of the molecule is CC(N)c1ccc(C(=O)Nc2ccncc2)cc1C(=O)O. The summed E-state index contributed by atoms with van der Waals surface area (Å²) < 4.78 is 0. The van der Waals surface area contributed by atoms with E-state index in [1.807, 2.05) is 0 Å². The first-order valence-electron chi connectivity index (χ1n) is 6.33. The Balaban J connectivity index is 2.30. The molecule has 4 N–H and O–H groups in total. The molecule has 6 nitrogen and oxygen atoms in total. The number of carboxylic acids is 1. The summed E-state index contributed by atoms with van der Waals surface area (Å²) in [5, 5.41) is 11.9. The van der Waals surface area contributed by atoms with Gasteiger partial charge < -0.3 is 16.2 Å². The molecular weight excluding hydrogens is 270 g/mol. The molecule has 1 amide bonds. The Kier molecular flexibility index (Phi) is 4.30. The number of aromatic nitrogens is 1. The molecule has 2 aromatic rings. The maximum Gasteiger partial charge on any atom is 0.336 e. The fourth-order valence-electron chi connectivity index (χ4n) is 1.92. The first kappa shape index (κ1) is 14.7. The van der Waals surface area contributed by atoms with Gasteiger partial charge in [0.1, 0.15) is 0 Å². The third-order valence-electron chi connectivity index (χ3n) is 2.97. The average molecular weight is 285 g/mol. The molecule has 0 spiro atoms. The highest BCUT2D eigenvalue weighted by Gasteiger charge is 2.16. The zero-order chi connectivity index (χ0) is 15.4. The smallest absolute Gasteiger partial charge is 0.336 e. The normalized spacial score (nSPS) is 11.7. The second-order valence-electron chi connectivity index (χ2n) is 4.59. The Morgan fingerprint density at radius 3 is 2.48 bits per heavy atom. The van der Waals surface area contributed by atoms with Gasteiger partial charge in [0.2, 0.25) is 0 Å². The summed E-state index contributed by atoms with van der Waals surface area (Å²) in [5.41, 5.74) is 7.10. The van der Waals surface area contributed by atoms with E-state index < -0.39 is 12.0 Å². The van der Waals surface area contributed by atoms with Gasteiger partial charge in [-0.3, -0.25) is 9.78 Å². The predicted octanol–water partition coefficient (Wildman–Crippen LogP) is 2.05. The van der Waals surface area contributed by atoms with Crippen molar-refractivity contribution in [3.63, 3.8) is 0 Å². The van der Waals surface area contributed by atoms with Crippen LogP contribution in [0.2, 0.25) is 0 Å². The number of carbonyl (C=O) groups excluding carboxylic acids is 1. The highest BCUT2D eigenvalue weighted by molar-refractivity contribution is 6.05. The van der Waals surface area contributed by atoms with Gasteiger partial charge in [0.15, 0.2) is 0 Å². The van der Waals surface area contributed by atoms with Crippen molar-refractivity contribution in [2.24, 2.45) is 5.73 Å². The minimum Gasteiger partial charge on any atom is -0.478 e. The van der Waals surface area contributed by atoms with Crippen LogP contribution in [0.1, 0.15) is 39.2 Å². The molecule has 108 valence electrons. The molecule has 1 aromatic heterocycles. The van der Waals surface area contributed by atoms with E-state index in [4.69, 9.17) is 5.73 Å². The molecule has 1 atom stereocenters. The number of amides is 1. The molecule has 1 unspecified atom stereocenters. The summed E-state index contributed by atoms with van der Waals surface area (Å²) in [7, 11) is 0. The molecule has 0 saturated carbocycles. The Hall–Kier alpha value is -2.73. The molecule has 0 fully saturated rings. The third-order valence-corrected chi connectivity index (χ3v) is 2.97. The number of carbonyl (C=O) groups is 2. The number of nitrogens with one attached hydrogen (secondary N) is 1. The molecule has 0 aliphatic rings. The summed E-state index contributed by atoms with van der Waals surface area (Å²) in [5.74, 6) is -1.50. The van der Waals surface area contributed by atoms with Crippen molar-refractivity contribution in [3.05, 3.63) is 59.4 Å². The maximum atomic E-state index is 12.1. The molecule has 2 rings (SSSR count). The highest BCUT2D eigenvalue weighted by atomic mass is 16.4. The van der Waals surface area contributed by atoms with Crippen LogP contribution in [-0.2, 0) is 0 Å². The zero-order valence-corrected chi connectivity index (χ0v) is 11.4. The Labute approximate surface area is 121 Å². The number of rotatable bonds is 4. The van der Waals surface area contributed by atoms with Gasteiger partial charge in [-0.15, -0.1) is 0 Å². The van der Waals surface area contributed by atoms with E-state index in [-0.39, 0.29) is 17.0 Å². The van der Waals surface area contributed by atoms with Crippen molar-refractivity contribution in [3.8, 4) is 0 Å². The first-order valence-corrected chi connectivity index (χ1v) is 6.33. The van der Waals surface area contributed by atoms with Gasteiger partial charge in [0.25, 0.3) is 5.91 Å². The maximum absolute atomic E-state index is 12.1. The van der Waals surface area contributed by atoms with E-state index in [1.54, 1.807) is 43.6 Å². The van der Waals surface area contributed by atoms with Crippen LogP contribution in [0.25, 0.3) is 0 Å². The van der Waals surface area contributed by atoms with E-state index >= 15 is 0 Å². The highest BCUT2D eigenvalue weighted by Crippen LogP contribution is 2.19. The molecule has 0 aliphatic heterocycles. The van der Waals surface area contributed by atoms with Crippen LogP contribution in [0.5, 0.6) is 0 Å². The topological polar surface area (TPSA) is 105 Å². The predicted molar refractivity (Wildman–Crippen MR) is 78.2 cm³/mol. The molecule has 6 heteroatoms. The van der Waals surface area contributed by atoms with Crippen LogP contribution in [-0.4, -0.2) is 22.0 Å². The van der Waals surface area contributed by atoms with Gasteiger partial charge in [0.05, 0.1) is 5.56 Å². The van der Waals surface area contributed by atoms with Gasteiger partial charge in [-0.25, -0.2) is 4.79 Å². The Morgan fingerprint density at radius 2 is 1.90 bits per heavy atom. The van der Waals surface area contributed by atoms with Crippen LogP contribution in [0.3, 0.4) is 0 Å². The van der Waals surface area contributed by atoms with Crippen molar-refractivity contribution in [2.75, 3.05) is 5.32 Å². The Bertz CT molecular complexity index is 669. The van der Waals surface area contributed by atoms with Crippen LogP contribution in [0, 0.1) is 0 Å². The number of pyridine rings is 1. The monoisotopic (exact) mass is 285 g/mol. The minimum atomic E-state index is -1.11. The number of hydrogen-bond acceptors (Lipinski definition) is 4. The van der Waals surface area contributed by atoms with Crippen molar-refractivity contribution >= 4 is 17.6 Å². The zero-order valence-electron chi connectivity index (χ0n) is 11.4. The van der Waals surface area contributed by atoms with Gasteiger partial charge in [-0.2, -0.15) is 0 Å². The second-order valence-corrected chi connectivity index (χ2v) is 4.59. The largest absolute Gasteiger partial charge is 0.478 e. The molecular formula is C15H15N3O3. The minimum absolute atomic E-state index is 0.0346. The van der Waals surface area contributed by atoms with Crippen LogP contribution < -0.4 is 11.1 Å². The van der Waals surface area contributed by atoms with E-state index in [1.165, 1.54) is 6.07 Å². The quantitative estimate of drug-likeness (QED) is 0.797. The van der Waals surface area contributed by atoms with Crippen LogP contribution in [0.4, 0.5) is 5.69 Å². The number of carboxylic acid groups (broad SMARTS) is 1. The fraction of sp³-hybridized carbons (Fsp3) is 0.133. The summed E-state index contributed by atoms with van der Waals surface area (Å²) in [6, 6.07) is 7.32. The van der Waals surface area contributed by atoms with E-state index in [0.717, 1.165) is 0 Å². The van der Waals surface area contributed by atoms with Crippen LogP contribution >= 0.6 is 0 Å². The number of anilines is 1. The molecule has 21 heavy (non-hydrogen) atoms. The van der Waals surface area contributed by atoms with E-state index in [0.29, 0.717) is 11.3 Å². The summed E-state index contributed by atoms with van der Waals surface area (Å²) in [4.78, 5) is 27.2. The molecule has 0 saturated heterocycles. The van der Waals surface area contributed by atoms with Gasteiger partial charge >= 0.3 is 5.97 Å². The summed E-state index contributed by atoms with van der Waals surface area (Å²) in [6.07, 6.45) is 3.11. The van der Waals surface area contributed by atoms with Crippen molar-refractivity contribution in [1.82, 2.24) is 4.98 Å². The number of nitrogens with zero attached hydrogens (tertiary/aromatic N) is 1. The van der Waals surface area contributed by atoms with Crippen LogP contribution in [0.15, 0.2) is 42.7 Å². The average Bonchev–Trinajstić information content (AvgIpc) is 2.47. The summed E-state index contributed by atoms with van der Waals surface area (Å²) >= 11 is 0. The second kappa shape index (κ2) is 6.15. The first-order chi connectivity index (χ1) is 9.99. The molecule has 0 aliphatic carbocycles. The number of aromatic carboxylic acids is 1. The number of benzene rings is 1. The lowest BCUT2D eigenvalue weighted by atomic mass is 9.99. The van der Waals surface area contributed by atoms with Crippen molar-refractivity contribution in [1.29, 1.82) is 0 Å². The molecule has 0 radical (unpaired) electrons. The van der Waals surface area contributed by atoms with Gasteiger partial charge in [0, 0.05) is 29.7 Å². The Morgan fingerprint density at radius 1 is 1.24 bits per heavy atom. The lowest BCUT2D eigenvalue weighted by Gasteiger charge is -2.12. The molecule has 1 aromatic carbocycles. The van der Waals surface area contributed by atoms with Gasteiger partial charge in [-0.1, -0.05) is 6.07 Å². The van der Waals surface area contributed by atoms with Crippen molar-refractivity contribution < 1.29 is 14.7 Å². The molecule has 1 heterocycles. The number of hydrogen-bond donors (Lipinski definition) is 3. The lowest BCUT2D eigenvalue weighted by molar-refractivity contribution is 0.0695. The fourth-order valence-corrected chi connectivity index (χ4v) is 1.92. The third kappa shape index (κ3) is 3.43. The van der Waals surface area contributed by atoms with E-state index in [9.17, 15) is 14.7 Å². The van der Waals surface area contributed by atoms with Gasteiger partial charge in [-0.05, 0) is 36.8 Å². The molecule has 0 bridgehead atoms. The number of nitrogens with two attached hydrogens (primary N) is 1. The lowest BCUT2D eigenvalue weighted by Crippen LogP contribution is -2.16. The summed E-state index contributed by atoms with van der Waals surface area (Å²) in [6.45, 7) is 1.69. The standard InChI is InChI=1S/C15H15N3O3/c1-9(16)12-3-2-10(8-13(12)15(20)21)14(19)18-11-4-6-17-7-5-11/h2-9H,16H2,1H3,(H,20,21)(H,17,18,19). The van der Waals surface area contributed by atoms with E-state index in [2.05, 4.69) is 10.3 Å².